The van der Waals surface area contributed by atoms with Crippen LogP contribution in [0.1, 0.15) is 35.1 Å². The van der Waals surface area contributed by atoms with E-state index in [1.54, 1.807) is 0 Å². The van der Waals surface area contributed by atoms with E-state index in [4.69, 9.17) is 4.74 Å². The molecule has 0 spiro atoms. The van der Waals surface area contributed by atoms with Crippen LogP contribution >= 0.6 is 0 Å². The Morgan fingerprint density at radius 1 is 1.00 bits per heavy atom. The van der Waals surface area contributed by atoms with Crippen molar-refractivity contribution in [3.8, 4) is 0 Å². The standard InChI is InChI=1S/C27H27N5O4/c33-24(31-26-29-16-28-17-30-26)15-32-11-9-18(10-12-32)23(14-32)36-25(34)27(35)21-7-3-1-5-19(21)13-20-6-2-4-8-22(20)27/h1-8,16-18,23,35H,9-15H2/p+1. The van der Waals surface area contributed by atoms with E-state index in [2.05, 4.69) is 20.3 Å². The van der Waals surface area contributed by atoms with Gasteiger partial charge in [0.1, 0.15) is 19.2 Å². The molecule has 36 heavy (non-hydrogen) atoms. The van der Waals surface area contributed by atoms with Crippen LogP contribution in [0.3, 0.4) is 0 Å². The molecule has 0 radical (unpaired) electrons. The number of rotatable bonds is 5. The molecule has 3 saturated heterocycles. The largest absolute Gasteiger partial charge is 0.453 e. The molecule has 0 saturated carbocycles. The fourth-order valence-corrected chi connectivity index (χ4v) is 6.20. The van der Waals surface area contributed by atoms with E-state index in [0.717, 1.165) is 37.1 Å². The molecule has 1 atom stereocenters. The van der Waals surface area contributed by atoms with Crippen LogP contribution in [-0.2, 0) is 26.3 Å². The molecule has 1 aromatic heterocycles. The number of hydrogen-bond acceptors (Lipinski definition) is 7. The summed E-state index contributed by atoms with van der Waals surface area (Å²) in [5.74, 6) is -0.382. The topological polar surface area (TPSA) is 114 Å². The Bertz CT molecular complexity index is 1260. The Morgan fingerprint density at radius 3 is 2.25 bits per heavy atom. The summed E-state index contributed by atoms with van der Waals surface area (Å²) in [6.45, 7) is 2.49. The number of nitrogens with zero attached hydrogens (tertiary/aromatic N) is 4. The van der Waals surface area contributed by atoms with Crippen LogP contribution in [0.4, 0.5) is 5.95 Å². The zero-order valence-electron chi connectivity index (χ0n) is 19.8. The third-order valence-electron chi connectivity index (χ3n) is 8.01. The van der Waals surface area contributed by atoms with Crippen molar-refractivity contribution in [2.75, 3.05) is 31.5 Å². The molecule has 7 rings (SSSR count). The molecule has 2 N–H and O–H groups in total. The van der Waals surface area contributed by atoms with E-state index in [1.807, 2.05) is 48.5 Å². The highest BCUT2D eigenvalue weighted by Gasteiger charge is 2.52. The second-order valence-electron chi connectivity index (χ2n) is 10.1. The third kappa shape index (κ3) is 3.84. The van der Waals surface area contributed by atoms with E-state index < -0.39 is 11.6 Å². The van der Waals surface area contributed by atoms with Gasteiger partial charge in [-0.05, 0) is 17.5 Å². The van der Waals surface area contributed by atoms with Gasteiger partial charge in [-0.1, -0.05) is 48.5 Å². The van der Waals surface area contributed by atoms with Gasteiger partial charge in [0.2, 0.25) is 11.5 Å². The van der Waals surface area contributed by atoms with Crippen LogP contribution in [0, 0.1) is 5.92 Å². The summed E-state index contributed by atoms with van der Waals surface area (Å²) in [6.07, 6.45) is 4.69. The lowest BCUT2D eigenvalue weighted by molar-refractivity contribution is -0.939. The molecule has 3 fully saturated rings. The lowest BCUT2D eigenvalue weighted by atomic mass is 9.74. The Labute approximate surface area is 208 Å². The minimum Gasteiger partial charge on any atom is -0.453 e. The molecule has 9 nitrogen and oxygen atoms in total. The molecule has 2 aromatic carbocycles. The minimum absolute atomic E-state index is 0.180. The number of piperidine rings is 3. The number of quaternary nitrogens is 1. The molecule has 3 aromatic rings. The van der Waals surface area contributed by atoms with Crippen LogP contribution in [0.15, 0.2) is 61.2 Å². The summed E-state index contributed by atoms with van der Waals surface area (Å²) in [5, 5.41) is 14.7. The quantitative estimate of drug-likeness (QED) is 0.418. The Balaban J connectivity index is 1.23. The molecule has 9 heteroatoms. The van der Waals surface area contributed by atoms with Crippen molar-refractivity contribution in [1.29, 1.82) is 0 Å². The summed E-state index contributed by atoms with van der Waals surface area (Å²) in [7, 11) is 0. The number of anilines is 1. The lowest BCUT2D eigenvalue weighted by Crippen LogP contribution is -2.66. The van der Waals surface area contributed by atoms with Crippen LogP contribution < -0.4 is 5.32 Å². The predicted molar refractivity (Wildman–Crippen MR) is 129 cm³/mol. The Kier molecular flexibility index (Phi) is 5.54. The van der Waals surface area contributed by atoms with Gasteiger partial charge < -0.3 is 14.3 Å². The first-order valence-electron chi connectivity index (χ1n) is 12.3. The predicted octanol–water partition coefficient (Wildman–Crippen LogP) is 1.80. The summed E-state index contributed by atoms with van der Waals surface area (Å²) in [6, 6.07) is 15.0. The van der Waals surface area contributed by atoms with E-state index in [1.165, 1.54) is 12.7 Å². The van der Waals surface area contributed by atoms with Crippen molar-refractivity contribution in [2.45, 2.75) is 31.0 Å². The average Bonchev–Trinajstić information content (AvgIpc) is 2.90. The molecule has 1 aliphatic carbocycles. The van der Waals surface area contributed by atoms with Gasteiger partial charge in [0.15, 0.2) is 12.6 Å². The van der Waals surface area contributed by atoms with Crippen LogP contribution in [-0.4, -0.2) is 68.7 Å². The Morgan fingerprint density at radius 2 is 1.61 bits per heavy atom. The monoisotopic (exact) mass is 486 g/mol. The minimum atomic E-state index is -1.86. The maximum atomic E-state index is 13.8. The van der Waals surface area contributed by atoms with Gasteiger partial charge in [-0.2, -0.15) is 0 Å². The SMILES string of the molecule is O=C(C[N+]12CCC(CC1)C(OC(=O)C1(O)c3ccccc3Cc3ccccc31)C2)Nc1ncncn1. The smallest absolute Gasteiger partial charge is 0.348 e. The van der Waals surface area contributed by atoms with Crippen molar-refractivity contribution >= 4 is 17.8 Å². The van der Waals surface area contributed by atoms with E-state index in [0.29, 0.717) is 28.6 Å². The lowest BCUT2D eigenvalue weighted by Gasteiger charge is -2.51. The first kappa shape index (κ1) is 22.8. The fraction of sp³-hybridized carbons (Fsp3) is 0.370. The van der Waals surface area contributed by atoms with Crippen LogP contribution in [0.2, 0.25) is 0 Å². The van der Waals surface area contributed by atoms with Gasteiger partial charge in [0, 0.05) is 29.9 Å². The van der Waals surface area contributed by atoms with Gasteiger partial charge in [-0.25, -0.2) is 19.7 Å². The molecule has 4 heterocycles. The first-order valence-corrected chi connectivity index (χ1v) is 12.3. The molecular formula is C27H28N5O4+. The number of benzene rings is 2. The summed E-state index contributed by atoms with van der Waals surface area (Å²) >= 11 is 0. The van der Waals surface area contributed by atoms with E-state index >= 15 is 0 Å². The number of hydrogen-bond donors (Lipinski definition) is 2. The number of carbonyl (C=O) groups is 2. The van der Waals surface area contributed by atoms with E-state index in [-0.39, 0.29) is 30.4 Å². The second-order valence-corrected chi connectivity index (χ2v) is 10.1. The molecule has 3 aliphatic heterocycles. The van der Waals surface area contributed by atoms with Gasteiger partial charge in [-0.15, -0.1) is 0 Å². The highest BCUT2D eigenvalue weighted by atomic mass is 16.6. The zero-order valence-corrected chi connectivity index (χ0v) is 19.8. The average molecular weight is 487 g/mol. The van der Waals surface area contributed by atoms with Crippen molar-refractivity contribution in [3.05, 3.63) is 83.4 Å². The number of esters is 1. The number of ether oxygens (including phenoxy) is 1. The van der Waals surface area contributed by atoms with Crippen molar-refractivity contribution in [3.63, 3.8) is 0 Å². The first-order chi connectivity index (χ1) is 17.5. The van der Waals surface area contributed by atoms with Crippen molar-refractivity contribution < 1.29 is 23.9 Å². The number of amides is 1. The van der Waals surface area contributed by atoms with Gasteiger partial charge in [0.25, 0.3) is 5.91 Å². The van der Waals surface area contributed by atoms with E-state index in [9.17, 15) is 14.7 Å². The highest BCUT2D eigenvalue weighted by molar-refractivity contribution is 5.90. The number of nitrogens with one attached hydrogen (secondary N) is 1. The highest BCUT2D eigenvalue weighted by Crippen LogP contribution is 2.42. The number of aromatic nitrogens is 3. The molecule has 2 bridgehead atoms. The molecule has 1 amide bonds. The summed E-state index contributed by atoms with van der Waals surface area (Å²) < 4.78 is 6.68. The molecule has 184 valence electrons. The third-order valence-corrected chi connectivity index (χ3v) is 8.01. The van der Waals surface area contributed by atoms with Gasteiger partial charge in [-0.3, -0.25) is 10.1 Å². The number of aliphatic hydroxyl groups is 1. The number of carbonyl (C=O) groups excluding carboxylic acids is 2. The Hall–Kier alpha value is -3.69. The summed E-state index contributed by atoms with van der Waals surface area (Å²) in [4.78, 5) is 38.3. The fourth-order valence-electron chi connectivity index (χ4n) is 6.20. The molecular weight excluding hydrogens is 458 g/mol. The molecule has 4 aliphatic rings. The van der Waals surface area contributed by atoms with Gasteiger partial charge in [0.05, 0.1) is 13.1 Å². The normalized spacial score (nSPS) is 25.4. The number of fused-ring (bicyclic) bond motifs is 5. The molecule has 1 unspecified atom stereocenters. The van der Waals surface area contributed by atoms with Crippen molar-refractivity contribution in [1.82, 2.24) is 15.0 Å². The van der Waals surface area contributed by atoms with Gasteiger partial charge >= 0.3 is 5.97 Å². The zero-order chi connectivity index (χ0) is 24.8. The summed E-state index contributed by atoms with van der Waals surface area (Å²) in [5.41, 5.74) is 1.13. The van der Waals surface area contributed by atoms with Crippen molar-refractivity contribution in [2.24, 2.45) is 5.92 Å². The van der Waals surface area contributed by atoms with Crippen LogP contribution in [0.5, 0.6) is 0 Å². The second kappa shape index (κ2) is 8.76. The van der Waals surface area contributed by atoms with Crippen LogP contribution in [0.25, 0.3) is 0 Å². The maximum absolute atomic E-state index is 13.8. The maximum Gasteiger partial charge on any atom is 0.348 e.